The number of hydrogen-bond donors (Lipinski definition) is 0. The van der Waals surface area contributed by atoms with Gasteiger partial charge in [-0.05, 0) is 43.7 Å². The molecule has 0 aliphatic heterocycles. The fourth-order valence-electron chi connectivity index (χ4n) is 3.33. The summed E-state index contributed by atoms with van der Waals surface area (Å²) < 4.78 is 83.7. The first-order chi connectivity index (χ1) is 15.8. The zero-order valence-electron chi connectivity index (χ0n) is 17.6. The van der Waals surface area contributed by atoms with E-state index < -0.39 is 30.4 Å². The van der Waals surface area contributed by atoms with Crippen LogP contribution in [0, 0.1) is 13.8 Å². The Hall–Kier alpha value is -3.34. The molecule has 0 aliphatic carbocycles. The maximum absolute atomic E-state index is 13.1. The molecule has 12 heteroatoms. The minimum atomic E-state index is -4.62. The number of alkyl halides is 6. The molecule has 0 saturated heterocycles. The Labute approximate surface area is 194 Å². The van der Waals surface area contributed by atoms with Crippen LogP contribution in [0.1, 0.15) is 17.0 Å². The van der Waals surface area contributed by atoms with Crippen LogP contribution < -0.4 is 4.74 Å². The topological polar surface area (TPSA) is 52.8 Å². The predicted octanol–water partition coefficient (Wildman–Crippen LogP) is 6.71. The third kappa shape index (κ3) is 4.79. The molecule has 0 amide bonds. The van der Waals surface area contributed by atoms with E-state index in [-0.39, 0.29) is 33.1 Å². The summed E-state index contributed by atoms with van der Waals surface area (Å²) in [6.45, 7) is 1.66. The molecule has 2 aromatic heterocycles. The molecule has 2 heterocycles. The highest BCUT2D eigenvalue weighted by Crippen LogP contribution is 2.37. The van der Waals surface area contributed by atoms with Gasteiger partial charge in [-0.1, -0.05) is 29.8 Å². The lowest BCUT2D eigenvalue weighted by atomic mass is 10.1. The third-order valence-corrected chi connectivity index (χ3v) is 5.09. The molecule has 2 aromatic carbocycles. The Kier molecular flexibility index (Phi) is 5.92. The van der Waals surface area contributed by atoms with Gasteiger partial charge in [0.25, 0.3) is 0 Å². The van der Waals surface area contributed by atoms with Crippen molar-refractivity contribution in [1.82, 2.24) is 19.7 Å². The lowest BCUT2D eigenvalue weighted by Crippen LogP contribution is -2.20. The molecule has 4 rings (SSSR count). The first-order valence-corrected chi connectivity index (χ1v) is 10.1. The molecule has 0 fully saturated rings. The average molecular weight is 501 g/mol. The maximum atomic E-state index is 13.1. The maximum Gasteiger partial charge on any atom is 0.422 e. The first-order valence-electron chi connectivity index (χ1n) is 9.74. The van der Waals surface area contributed by atoms with E-state index in [0.29, 0.717) is 5.69 Å². The molecule has 0 spiro atoms. The molecule has 0 bridgehead atoms. The Morgan fingerprint density at radius 1 is 0.912 bits per heavy atom. The van der Waals surface area contributed by atoms with Crippen molar-refractivity contribution in [3.05, 3.63) is 64.4 Å². The van der Waals surface area contributed by atoms with Crippen LogP contribution in [-0.4, -0.2) is 32.5 Å². The van der Waals surface area contributed by atoms with Gasteiger partial charge in [0.1, 0.15) is 17.0 Å². The van der Waals surface area contributed by atoms with Crippen LogP contribution in [0.15, 0.2) is 42.5 Å². The number of halogens is 7. The largest absolute Gasteiger partial charge is 0.466 e. The van der Waals surface area contributed by atoms with Crippen LogP contribution in [0.5, 0.6) is 5.88 Å². The predicted molar refractivity (Wildman–Crippen MR) is 113 cm³/mol. The highest BCUT2D eigenvalue weighted by Gasteiger charge is 2.32. The van der Waals surface area contributed by atoms with Gasteiger partial charge in [0, 0.05) is 5.56 Å². The van der Waals surface area contributed by atoms with Gasteiger partial charge in [-0.25, -0.2) is 9.67 Å². The molecule has 0 unspecified atom stereocenters. The van der Waals surface area contributed by atoms with E-state index in [4.69, 9.17) is 16.3 Å². The molecule has 0 N–H and O–H groups in total. The van der Waals surface area contributed by atoms with Crippen molar-refractivity contribution >= 4 is 22.6 Å². The molecule has 0 saturated carbocycles. The molecule has 5 nitrogen and oxygen atoms in total. The summed E-state index contributed by atoms with van der Waals surface area (Å²) in [5, 5.41) is 4.62. The monoisotopic (exact) mass is 500 g/mol. The smallest absolute Gasteiger partial charge is 0.422 e. The fraction of sp³-hybridized carbons (Fsp3) is 0.227. The number of aromatic nitrogens is 4. The normalized spacial score (nSPS) is 12.4. The van der Waals surface area contributed by atoms with E-state index in [0.717, 1.165) is 17.7 Å². The summed E-state index contributed by atoms with van der Waals surface area (Å²) in [4.78, 5) is 8.24. The van der Waals surface area contributed by atoms with Crippen molar-refractivity contribution in [2.75, 3.05) is 6.61 Å². The highest BCUT2D eigenvalue weighted by atomic mass is 35.5. The second kappa shape index (κ2) is 8.46. The van der Waals surface area contributed by atoms with E-state index >= 15 is 0 Å². The number of benzene rings is 2. The Bertz CT molecular complexity index is 1360. The van der Waals surface area contributed by atoms with Crippen molar-refractivity contribution in [1.29, 1.82) is 0 Å². The summed E-state index contributed by atoms with van der Waals surface area (Å²) in [5.74, 6) is -0.317. The van der Waals surface area contributed by atoms with Gasteiger partial charge >= 0.3 is 12.4 Å². The van der Waals surface area contributed by atoms with Gasteiger partial charge in [0.05, 0.1) is 16.3 Å². The minimum Gasteiger partial charge on any atom is -0.466 e. The Morgan fingerprint density at radius 2 is 1.59 bits per heavy atom. The van der Waals surface area contributed by atoms with Gasteiger partial charge in [-0.3, -0.25) is 0 Å². The zero-order valence-corrected chi connectivity index (χ0v) is 18.3. The minimum absolute atomic E-state index is 0.0902. The van der Waals surface area contributed by atoms with Gasteiger partial charge in [0.2, 0.25) is 5.88 Å². The second-order valence-corrected chi connectivity index (χ2v) is 7.87. The van der Waals surface area contributed by atoms with Crippen molar-refractivity contribution in [3.63, 3.8) is 0 Å². The number of fused-ring (bicyclic) bond motifs is 1. The number of nitrogens with zero attached hydrogens (tertiary/aromatic N) is 4. The number of rotatable bonds is 4. The number of hydrogen-bond acceptors (Lipinski definition) is 4. The van der Waals surface area contributed by atoms with Crippen LogP contribution >= 0.6 is 11.6 Å². The first kappa shape index (κ1) is 23.8. The van der Waals surface area contributed by atoms with Crippen molar-refractivity contribution in [3.8, 4) is 22.8 Å². The number of aryl methyl sites for hydroxylation is 2. The summed E-state index contributed by atoms with van der Waals surface area (Å²) in [7, 11) is 0. The van der Waals surface area contributed by atoms with Crippen LogP contribution in [0.2, 0.25) is 5.02 Å². The van der Waals surface area contributed by atoms with Gasteiger partial charge in [-0.15, -0.1) is 0 Å². The fourth-order valence-corrected chi connectivity index (χ4v) is 3.65. The van der Waals surface area contributed by atoms with Gasteiger partial charge in [0.15, 0.2) is 12.1 Å². The van der Waals surface area contributed by atoms with Gasteiger partial charge in [-0.2, -0.15) is 36.4 Å². The Morgan fingerprint density at radius 3 is 2.18 bits per heavy atom. The van der Waals surface area contributed by atoms with E-state index in [1.807, 2.05) is 6.92 Å². The van der Waals surface area contributed by atoms with E-state index in [2.05, 4.69) is 15.1 Å². The second-order valence-electron chi connectivity index (χ2n) is 7.47. The third-order valence-electron chi connectivity index (χ3n) is 4.79. The molecule has 0 atom stereocenters. The molecule has 0 radical (unpaired) electrons. The van der Waals surface area contributed by atoms with Crippen molar-refractivity contribution in [2.24, 2.45) is 0 Å². The van der Waals surface area contributed by atoms with Gasteiger partial charge < -0.3 is 4.74 Å². The standard InChI is InChI=1S/C22H15ClF6N4O/c1-11-3-8-16(15(23)9-11)33-19(13-4-6-14(7-5-13)22(27,28)29)17-18(32-33)20(31-12(2)30-17)34-10-21(24,25)26/h3-9H,10H2,1-2H3. The molecular formula is C22H15ClF6N4O. The highest BCUT2D eigenvalue weighted by molar-refractivity contribution is 6.32. The van der Waals surface area contributed by atoms with E-state index in [1.54, 1.807) is 18.2 Å². The zero-order chi connectivity index (χ0) is 24.8. The lowest BCUT2D eigenvalue weighted by molar-refractivity contribution is -0.153. The number of ether oxygens (including phenoxy) is 1. The molecule has 34 heavy (non-hydrogen) atoms. The Balaban J connectivity index is 1.99. The van der Waals surface area contributed by atoms with Crippen LogP contribution in [-0.2, 0) is 6.18 Å². The summed E-state index contributed by atoms with van der Waals surface area (Å²) in [6.07, 6.45) is -9.16. The van der Waals surface area contributed by atoms with Crippen LogP contribution in [0.3, 0.4) is 0 Å². The van der Waals surface area contributed by atoms with Crippen molar-refractivity contribution in [2.45, 2.75) is 26.2 Å². The molecule has 178 valence electrons. The summed E-state index contributed by atoms with van der Waals surface area (Å²) in [6, 6.07) is 9.26. The quantitative estimate of drug-likeness (QED) is 0.292. The summed E-state index contributed by atoms with van der Waals surface area (Å²) in [5.41, 5.74) is 0.831. The SMILES string of the molecule is Cc1ccc(-n2nc3c(OCC(F)(F)F)nc(C)nc3c2-c2ccc(C(F)(F)F)cc2)c(Cl)c1. The van der Waals surface area contributed by atoms with Crippen LogP contribution in [0.25, 0.3) is 28.0 Å². The van der Waals surface area contributed by atoms with Crippen LogP contribution in [0.4, 0.5) is 26.3 Å². The van der Waals surface area contributed by atoms with E-state index in [1.165, 1.54) is 23.7 Å². The summed E-state index contributed by atoms with van der Waals surface area (Å²) >= 11 is 6.40. The average Bonchev–Trinajstić information content (AvgIpc) is 3.09. The lowest BCUT2D eigenvalue weighted by Gasteiger charge is -2.11. The van der Waals surface area contributed by atoms with E-state index in [9.17, 15) is 26.3 Å². The molecular weight excluding hydrogens is 486 g/mol. The van der Waals surface area contributed by atoms with Crippen molar-refractivity contribution < 1.29 is 31.1 Å². The molecule has 4 aromatic rings. The molecule has 0 aliphatic rings.